The van der Waals surface area contributed by atoms with Gasteiger partial charge >= 0.3 is 0 Å². The number of carbonyl (C=O) groups is 1. The van der Waals surface area contributed by atoms with Gasteiger partial charge in [-0.2, -0.15) is 0 Å². The Morgan fingerprint density at radius 3 is 2.59 bits per heavy atom. The zero-order valence-corrected chi connectivity index (χ0v) is 10.7. The van der Waals surface area contributed by atoms with Crippen LogP contribution in [0.4, 0.5) is 0 Å². The zero-order valence-electron chi connectivity index (χ0n) is 9.93. The summed E-state index contributed by atoms with van der Waals surface area (Å²) in [6, 6.07) is 0. The fourth-order valence-corrected chi connectivity index (χ4v) is 1.87. The Balaban J connectivity index is 2.65. The van der Waals surface area contributed by atoms with E-state index in [0.29, 0.717) is 13.1 Å². The van der Waals surface area contributed by atoms with Crippen LogP contribution in [-0.4, -0.2) is 28.9 Å². The van der Waals surface area contributed by atoms with E-state index in [0.717, 1.165) is 10.7 Å². The van der Waals surface area contributed by atoms with Gasteiger partial charge in [-0.25, -0.2) is 4.98 Å². The minimum atomic E-state index is -0.0598. The van der Waals surface area contributed by atoms with Crippen LogP contribution in [0.15, 0.2) is 36.8 Å². The number of nitrogens with zero attached hydrogens (tertiary/aromatic N) is 2. The summed E-state index contributed by atoms with van der Waals surface area (Å²) in [5.74, 6) is -0.0598. The number of rotatable bonds is 6. The highest BCUT2D eigenvalue weighted by Gasteiger charge is 2.06. The van der Waals surface area contributed by atoms with E-state index < -0.39 is 0 Å². The van der Waals surface area contributed by atoms with Gasteiger partial charge in [0.15, 0.2) is 0 Å². The van der Waals surface area contributed by atoms with Gasteiger partial charge in [-0.05, 0) is 13.0 Å². The summed E-state index contributed by atoms with van der Waals surface area (Å²) >= 11 is 1.57. The van der Waals surface area contributed by atoms with Crippen LogP contribution in [0, 0.1) is 6.92 Å². The molecule has 0 aromatic carbocycles. The van der Waals surface area contributed by atoms with Crippen LogP contribution in [0.1, 0.15) is 10.7 Å². The van der Waals surface area contributed by atoms with Crippen molar-refractivity contribution < 1.29 is 4.79 Å². The molecule has 90 valence electrons. The highest BCUT2D eigenvalue weighted by Crippen LogP contribution is 2.09. The van der Waals surface area contributed by atoms with Crippen molar-refractivity contribution in [2.75, 3.05) is 13.1 Å². The Bertz CT molecular complexity index is 424. The minimum absolute atomic E-state index is 0.0598. The van der Waals surface area contributed by atoms with E-state index in [-0.39, 0.29) is 5.91 Å². The van der Waals surface area contributed by atoms with Crippen molar-refractivity contribution in [2.24, 2.45) is 0 Å². The summed E-state index contributed by atoms with van der Waals surface area (Å²) in [6.45, 7) is 10.2. The molecule has 1 heterocycles. The maximum absolute atomic E-state index is 11.8. The number of carbonyl (C=O) groups excluding carboxylic acids is 1. The average Bonchev–Trinajstić information content (AvgIpc) is 2.72. The molecular formula is C13H16N2OS. The largest absolute Gasteiger partial charge is 0.332 e. The topological polar surface area (TPSA) is 33.2 Å². The number of aryl methyl sites for hydroxylation is 1. The SMILES string of the molecule is C=CCN(CC=C)C(=O)/C=C/c1csc(C)n1. The van der Waals surface area contributed by atoms with Crippen molar-refractivity contribution in [3.63, 3.8) is 0 Å². The van der Waals surface area contributed by atoms with Gasteiger partial charge in [0, 0.05) is 24.5 Å². The standard InChI is InChI=1S/C13H16N2OS/c1-4-8-15(9-5-2)13(16)7-6-12-10-17-11(3)14-12/h4-7,10H,1-2,8-9H2,3H3/b7-6+. The van der Waals surface area contributed by atoms with E-state index in [4.69, 9.17) is 0 Å². The fraction of sp³-hybridized carbons (Fsp3) is 0.231. The monoisotopic (exact) mass is 248 g/mol. The lowest BCUT2D eigenvalue weighted by molar-refractivity contribution is -0.124. The molecule has 0 saturated carbocycles. The van der Waals surface area contributed by atoms with E-state index in [9.17, 15) is 4.79 Å². The summed E-state index contributed by atoms with van der Waals surface area (Å²) in [5.41, 5.74) is 0.818. The maximum atomic E-state index is 11.8. The van der Waals surface area contributed by atoms with Gasteiger partial charge in [-0.1, -0.05) is 12.2 Å². The van der Waals surface area contributed by atoms with Crippen molar-refractivity contribution in [2.45, 2.75) is 6.92 Å². The third-order valence-electron chi connectivity index (χ3n) is 2.04. The Morgan fingerprint density at radius 2 is 2.12 bits per heavy atom. The van der Waals surface area contributed by atoms with Crippen LogP contribution in [0.5, 0.6) is 0 Å². The van der Waals surface area contributed by atoms with Crippen LogP contribution in [-0.2, 0) is 4.79 Å². The van der Waals surface area contributed by atoms with Crippen LogP contribution in [0.2, 0.25) is 0 Å². The molecule has 1 amide bonds. The molecule has 17 heavy (non-hydrogen) atoms. The second-order valence-corrected chi connectivity index (χ2v) is 4.51. The summed E-state index contributed by atoms with van der Waals surface area (Å²) in [4.78, 5) is 17.7. The minimum Gasteiger partial charge on any atom is -0.332 e. The molecule has 0 saturated heterocycles. The molecule has 0 unspecified atom stereocenters. The molecule has 4 heteroatoms. The Hall–Kier alpha value is -1.68. The van der Waals surface area contributed by atoms with Crippen LogP contribution < -0.4 is 0 Å². The van der Waals surface area contributed by atoms with Crippen molar-refractivity contribution in [1.29, 1.82) is 0 Å². The summed E-state index contributed by atoms with van der Waals surface area (Å²) in [6.07, 6.45) is 6.65. The van der Waals surface area contributed by atoms with Gasteiger partial charge in [-0.15, -0.1) is 24.5 Å². The number of amides is 1. The van der Waals surface area contributed by atoms with Gasteiger partial charge in [0.1, 0.15) is 0 Å². The van der Waals surface area contributed by atoms with Crippen LogP contribution >= 0.6 is 11.3 Å². The summed E-state index contributed by atoms with van der Waals surface area (Å²) in [5, 5.41) is 2.91. The number of thiazole rings is 1. The molecule has 0 aliphatic rings. The molecule has 1 aromatic rings. The molecule has 3 nitrogen and oxygen atoms in total. The van der Waals surface area contributed by atoms with Crippen molar-refractivity contribution in [1.82, 2.24) is 9.88 Å². The molecule has 0 N–H and O–H groups in total. The predicted molar refractivity (Wildman–Crippen MR) is 72.9 cm³/mol. The average molecular weight is 248 g/mol. The Morgan fingerprint density at radius 1 is 1.47 bits per heavy atom. The molecule has 0 aliphatic heterocycles. The summed E-state index contributed by atoms with van der Waals surface area (Å²) < 4.78 is 0. The number of aromatic nitrogens is 1. The number of hydrogen-bond donors (Lipinski definition) is 0. The highest BCUT2D eigenvalue weighted by molar-refractivity contribution is 7.09. The van der Waals surface area contributed by atoms with E-state index in [1.54, 1.807) is 34.5 Å². The molecular weight excluding hydrogens is 232 g/mol. The van der Waals surface area contributed by atoms with E-state index >= 15 is 0 Å². The van der Waals surface area contributed by atoms with Crippen LogP contribution in [0.25, 0.3) is 6.08 Å². The lowest BCUT2D eigenvalue weighted by atomic mass is 10.3. The smallest absolute Gasteiger partial charge is 0.247 e. The van der Waals surface area contributed by atoms with Gasteiger partial charge in [0.2, 0.25) is 5.91 Å². The Kier molecular flexibility index (Phi) is 5.36. The molecule has 0 radical (unpaired) electrons. The molecule has 0 bridgehead atoms. The molecule has 0 fully saturated rings. The molecule has 1 rings (SSSR count). The highest BCUT2D eigenvalue weighted by atomic mass is 32.1. The third kappa shape index (κ3) is 4.36. The van der Waals surface area contributed by atoms with Gasteiger partial charge < -0.3 is 4.90 Å². The first-order valence-electron chi connectivity index (χ1n) is 5.28. The third-order valence-corrected chi connectivity index (χ3v) is 2.84. The summed E-state index contributed by atoms with van der Waals surface area (Å²) in [7, 11) is 0. The van der Waals surface area contributed by atoms with Gasteiger partial charge in [-0.3, -0.25) is 4.79 Å². The van der Waals surface area contributed by atoms with Crippen molar-refractivity contribution >= 4 is 23.3 Å². The second-order valence-electron chi connectivity index (χ2n) is 3.45. The first-order valence-corrected chi connectivity index (χ1v) is 6.16. The van der Waals surface area contributed by atoms with Crippen molar-refractivity contribution in [3.05, 3.63) is 47.5 Å². The molecule has 0 atom stereocenters. The molecule has 1 aromatic heterocycles. The van der Waals surface area contributed by atoms with E-state index in [2.05, 4.69) is 18.1 Å². The fourth-order valence-electron chi connectivity index (χ4n) is 1.28. The maximum Gasteiger partial charge on any atom is 0.247 e. The van der Waals surface area contributed by atoms with Crippen LogP contribution in [0.3, 0.4) is 0 Å². The zero-order chi connectivity index (χ0) is 12.7. The first kappa shape index (κ1) is 13.4. The van der Waals surface area contributed by atoms with Gasteiger partial charge in [0.05, 0.1) is 10.7 Å². The molecule has 0 spiro atoms. The van der Waals surface area contributed by atoms with Gasteiger partial charge in [0.25, 0.3) is 0 Å². The second kappa shape index (κ2) is 6.81. The Labute approximate surface area is 106 Å². The normalized spacial score (nSPS) is 10.4. The number of hydrogen-bond acceptors (Lipinski definition) is 3. The quantitative estimate of drug-likeness (QED) is 0.573. The predicted octanol–water partition coefficient (Wildman–Crippen LogP) is 2.67. The van der Waals surface area contributed by atoms with E-state index in [1.165, 1.54) is 6.08 Å². The lowest BCUT2D eigenvalue weighted by Gasteiger charge is -2.16. The van der Waals surface area contributed by atoms with Crippen molar-refractivity contribution in [3.8, 4) is 0 Å². The van der Waals surface area contributed by atoms with E-state index in [1.807, 2.05) is 12.3 Å². The first-order chi connectivity index (χ1) is 8.17. The molecule has 0 aliphatic carbocycles. The lowest BCUT2D eigenvalue weighted by Crippen LogP contribution is -2.29.